The summed E-state index contributed by atoms with van der Waals surface area (Å²) in [4.78, 5) is 14.7. The van der Waals surface area contributed by atoms with E-state index in [1.165, 1.54) is 5.56 Å². The number of benzene rings is 1. The van der Waals surface area contributed by atoms with Crippen LogP contribution in [0.2, 0.25) is 0 Å². The molecule has 4 nitrogen and oxygen atoms in total. The summed E-state index contributed by atoms with van der Waals surface area (Å²) in [7, 11) is 0. The molecule has 1 N–H and O–H groups in total. The van der Waals surface area contributed by atoms with E-state index in [1.54, 1.807) is 0 Å². The normalized spacial score (nSPS) is 19.1. The maximum Gasteiger partial charge on any atom is 0.317 e. The molecule has 0 aromatic heterocycles. The number of carbonyl (C=O) groups excluding carboxylic acids is 1. The van der Waals surface area contributed by atoms with Crippen LogP contribution >= 0.6 is 0 Å². The number of hydrogen-bond donors (Lipinski definition) is 1. The summed E-state index contributed by atoms with van der Waals surface area (Å²) in [5.41, 5.74) is 1.31. The summed E-state index contributed by atoms with van der Waals surface area (Å²) in [6.45, 7) is 11.8. The average molecular weight is 332 g/mol. The molecule has 1 aromatic carbocycles. The van der Waals surface area contributed by atoms with Gasteiger partial charge in [-0.05, 0) is 30.7 Å². The largest absolute Gasteiger partial charge is 0.381 e. The molecular weight excluding hydrogens is 300 g/mol. The van der Waals surface area contributed by atoms with Crippen LogP contribution in [0.15, 0.2) is 30.3 Å². The van der Waals surface area contributed by atoms with Gasteiger partial charge in [-0.2, -0.15) is 0 Å². The lowest BCUT2D eigenvalue weighted by Crippen LogP contribution is -2.44. The third-order valence-corrected chi connectivity index (χ3v) is 4.49. The van der Waals surface area contributed by atoms with Crippen LogP contribution in [0.25, 0.3) is 0 Å². The highest BCUT2D eigenvalue weighted by atomic mass is 16.5. The first-order valence-corrected chi connectivity index (χ1v) is 9.07. The van der Waals surface area contributed by atoms with Crippen LogP contribution in [-0.2, 0) is 4.74 Å². The molecule has 2 amide bonds. The zero-order valence-corrected chi connectivity index (χ0v) is 15.5. The van der Waals surface area contributed by atoms with E-state index in [0.717, 1.165) is 39.1 Å². The Hall–Kier alpha value is -1.55. The van der Waals surface area contributed by atoms with E-state index in [-0.39, 0.29) is 17.5 Å². The number of urea groups is 1. The molecule has 0 aliphatic carbocycles. The van der Waals surface area contributed by atoms with E-state index in [4.69, 9.17) is 4.74 Å². The molecule has 0 unspecified atom stereocenters. The maximum absolute atomic E-state index is 12.8. The first-order valence-electron chi connectivity index (χ1n) is 9.07. The number of amides is 2. The second-order valence-electron chi connectivity index (χ2n) is 7.95. The van der Waals surface area contributed by atoms with Crippen molar-refractivity contribution in [3.8, 4) is 0 Å². The molecule has 0 spiro atoms. The minimum atomic E-state index is 0.0301. The van der Waals surface area contributed by atoms with E-state index < -0.39 is 0 Å². The molecule has 2 atom stereocenters. The van der Waals surface area contributed by atoms with Crippen molar-refractivity contribution in [2.45, 2.75) is 46.6 Å². The summed E-state index contributed by atoms with van der Waals surface area (Å²) in [6, 6.07) is 10.3. The van der Waals surface area contributed by atoms with Gasteiger partial charge in [0.15, 0.2) is 0 Å². The molecule has 0 saturated carbocycles. The van der Waals surface area contributed by atoms with Gasteiger partial charge in [-0.25, -0.2) is 4.79 Å². The Labute approximate surface area is 146 Å². The van der Waals surface area contributed by atoms with Crippen LogP contribution in [0, 0.1) is 11.3 Å². The highest BCUT2D eigenvalue weighted by Gasteiger charge is 2.26. The predicted octanol–water partition coefficient (Wildman–Crippen LogP) is 4.23. The third-order valence-electron chi connectivity index (χ3n) is 4.49. The van der Waals surface area contributed by atoms with E-state index in [0.29, 0.717) is 5.92 Å². The zero-order valence-electron chi connectivity index (χ0n) is 15.5. The lowest BCUT2D eigenvalue weighted by molar-refractivity contribution is 0.163. The summed E-state index contributed by atoms with van der Waals surface area (Å²) in [5, 5.41) is 3.26. The van der Waals surface area contributed by atoms with Crippen molar-refractivity contribution in [2.24, 2.45) is 11.3 Å². The Morgan fingerprint density at radius 2 is 2.04 bits per heavy atom. The summed E-state index contributed by atoms with van der Waals surface area (Å²) in [5.74, 6) is 0.466. The van der Waals surface area contributed by atoms with Gasteiger partial charge in [0.25, 0.3) is 0 Å². The van der Waals surface area contributed by atoms with Gasteiger partial charge in [-0.3, -0.25) is 0 Å². The fraction of sp³-hybridized carbons (Fsp3) is 0.650. The predicted molar refractivity (Wildman–Crippen MR) is 98.0 cm³/mol. The molecule has 1 fully saturated rings. The van der Waals surface area contributed by atoms with Crippen molar-refractivity contribution in [1.29, 1.82) is 0 Å². The lowest BCUT2D eigenvalue weighted by Gasteiger charge is -2.31. The third kappa shape index (κ3) is 5.82. The molecule has 4 heteroatoms. The number of rotatable bonds is 6. The van der Waals surface area contributed by atoms with Gasteiger partial charge < -0.3 is 15.0 Å². The molecule has 1 aromatic rings. The topological polar surface area (TPSA) is 41.6 Å². The summed E-state index contributed by atoms with van der Waals surface area (Å²) in [6.07, 6.45) is 1.96. The SMILES string of the molecule is CCN(C[C@@H]1CCOC1)C(=O)N[C@H](CC(C)(C)C)c1ccccc1. The highest BCUT2D eigenvalue weighted by molar-refractivity contribution is 5.74. The Bertz CT molecular complexity index is 504. The summed E-state index contributed by atoms with van der Waals surface area (Å²) >= 11 is 0. The smallest absolute Gasteiger partial charge is 0.317 e. The van der Waals surface area contributed by atoms with Crippen molar-refractivity contribution in [2.75, 3.05) is 26.3 Å². The number of carbonyl (C=O) groups is 1. The molecule has 134 valence electrons. The van der Waals surface area contributed by atoms with Gasteiger partial charge in [-0.1, -0.05) is 51.1 Å². The summed E-state index contributed by atoms with van der Waals surface area (Å²) < 4.78 is 5.44. The minimum absolute atomic E-state index is 0.0301. The Kier molecular flexibility index (Phi) is 6.67. The van der Waals surface area contributed by atoms with Gasteiger partial charge in [0.05, 0.1) is 12.6 Å². The van der Waals surface area contributed by atoms with Gasteiger partial charge in [0.1, 0.15) is 0 Å². The van der Waals surface area contributed by atoms with Crippen molar-refractivity contribution in [1.82, 2.24) is 10.2 Å². The first-order chi connectivity index (χ1) is 11.4. The van der Waals surface area contributed by atoms with Crippen LogP contribution in [-0.4, -0.2) is 37.2 Å². The molecule has 0 radical (unpaired) electrons. The molecule has 2 rings (SSSR count). The molecular formula is C20H32N2O2. The average Bonchev–Trinajstić information content (AvgIpc) is 3.04. The van der Waals surface area contributed by atoms with Crippen LogP contribution in [0.1, 0.15) is 52.1 Å². The van der Waals surface area contributed by atoms with Crippen molar-refractivity contribution in [3.63, 3.8) is 0 Å². The Morgan fingerprint density at radius 1 is 1.33 bits per heavy atom. The number of nitrogens with one attached hydrogen (secondary N) is 1. The molecule has 0 bridgehead atoms. The quantitative estimate of drug-likeness (QED) is 0.847. The number of ether oxygens (including phenoxy) is 1. The molecule has 24 heavy (non-hydrogen) atoms. The van der Waals surface area contributed by atoms with Gasteiger partial charge in [0, 0.05) is 25.6 Å². The van der Waals surface area contributed by atoms with Crippen molar-refractivity contribution < 1.29 is 9.53 Å². The molecule has 1 aliphatic heterocycles. The van der Waals surface area contributed by atoms with Gasteiger partial charge in [-0.15, -0.1) is 0 Å². The second-order valence-corrected chi connectivity index (χ2v) is 7.95. The number of nitrogens with zero attached hydrogens (tertiary/aromatic N) is 1. The van der Waals surface area contributed by atoms with E-state index >= 15 is 0 Å². The zero-order chi connectivity index (χ0) is 17.6. The fourth-order valence-corrected chi connectivity index (χ4v) is 3.18. The van der Waals surface area contributed by atoms with E-state index in [2.05, 4.69) is 38.2 Å². The fourth-order valence-electron chi connectivity index (χ4n) is 3.18. The number of hydrogen-bond acceptors (Lipinski definition) is 2. The van der Waals surface area contributed by atoms with E-state index in [9.17, 15) is 4.79 Å². The Morgan fingerprint density at radius 3 is 2.58 bits per heavy atom. The van der Waals surface area contributed by atoms with Crippen LogP contribution in [0.4, 0.5) is 4.79 Å². The standard InChI is InChI=1S/C20H32N2O2/c1-5-22(14-16-11-12-24-15-16)19(23)21-18(13-20(2,3)4)17-9-7-6-8-10-17/h6-10,16,18H,5,11-15H2,1-4H3,(H,21,23)/t16-,18+/m0/s1. The second kappa shape index (κ2) is 8.52. The Balaban J connectivity index is 2.04. The van der Waals surface area contributed by atoms with Crippen LogP contribution in [0.3, 0.4) is 0 Å². The first kappa shape index (κ1) is 18.8. The molecule has 1 heterocycles. The van der Waals surface area contributed by atoms with Crippen LogP contribution in [0.5, 0.6) is 0 Å². The van der Waals surface area contributed by atoms with E-state index in [1.807, 2.05) is 30.0 Å². The maximum atomic E-state index is 12.8. The van der Waals surface area contributed by atoms with Gasteiger partial charge >= 0.3 is 6.03 Å². The monoisotopic (exact) mass is 332 g/mol. The van der Waals surface area contributed by atoms with Crippen molar-refractivity contribution in [3.05, 3.63) is 35.9 Å². The van der Waals surface area contributed by atoms with Gasteiger partial charge in [0.2, 0.25) is 0 Å². The lowest BCUT2D eigenvalue weighted by atomic mass is 9.85. The minimum Gasteiger partial charge on any atom is -0.381 e. The highest BCUT2D eigenvalue weighted by Crippen LogP contribution is 2.29. The van der Waals surface area contributed by atoms with Crippen molar-refractivity contribution >= 4 is 6.03 Å². The molecule has 1 saturated heterocycles. The molecule has 1 aliphatic rings. The van der Waals surface area contributed by atoms with Crippen LogP contribution < -0.4 is 5.32 Å².